The lowest BCUT2D eigenvalue weighted by Gasteiger charge is -2.05. The highest BCUT2D eigenvalue weighted by Crippen LogP contribution is 2.14. The van der Waals surface area contributed by atoms with E-state index in [9.17, 15) is 4.39 Å². The molecule has 0 amide bonds. The lowest BCUT2D eigenvalue weighted by Crippen LogP contribution is -1.92. The highest BCUT2D eigenvalue weighted by molar-refractivity contribution is 5.27. The molecular formula is C13H22FN. The third-order valence-electron chi connectivity index (χ3n) is 2.43. The van der Waals surface area contributed by atoms with Gasteiger partial charge in [-0.3, -0.25) is 0 Å². The van der Waals surface area contributed by atoms with Crippen molar-refractivity contribution in [2.75, 3.05) is 7.05 Å². The first-order valence-electron chi connectivity index (χ1n) is 5.57. The van der Waals surface area contributed by atoms with E-state index < -0.39 is 0 Å². The predicted octanol–water partition coefficient (Wildman–Crippen LogP) is 3.44. The minimum absolute atomic E-state index is 0.0750. The third kappa shape index (κ3) is 4.93. The molecule has 0 aromatic heterocycles. The topological polar surface area (TPSA) is 26.0 Å². The fraction of sp³-hybridized carbons (Fsp3) is 0.538. The predicted molar refractivity (Wildman–Crippen MR) is 64.5 cm³/mol. The Morgan fingerprint density at radius 3 is 2.47 bits per heavy atom. The van der Waals surface area contributed by atoms with Crippen LogP contribution in [0.3, 0.4) is 0 Å². The van der Waals surface area contributed by atoms with E-state index in [2.05, 4.69) is 12.7 Å². The van der Waals surface area contributed by atoms with Gasteiger partial charge >= 0.3 is 0 Å². The third-order valence-corrected chi connectivity index (χ3v) is 2.43. The number of hydrogen-bond donors (Lipinski definition) is 1. The second-order valence-electron chi connectivity index (χ2n) is 3.48. The summed E-state index contributed by atoms with van der Waals surface area (Å²) in [6, 6.07) is 5.34. The summed E-state index contributed by atoms with van der Waals surface area (Å²) in [5.41, 5.74) is 6.48. The largest absolute Gasteiger partial charge is 0.333 e. The Morgan fingerprint density at radius 2 is 1.87 bits per heavy atom. The maximum absolute atomic E-state index is 13.1. The van der Waals surface area contributed by atoms with E-state index in [-0.39, 0.29) is 5.82 Å². The molecule has 1 rings (SSSR count). The SMILES string of the molecule is CCCCCc1cccc(F)c1C.CN. The Morgan fingerprint density at radius 1 is 1.20 bits per heavy atom. The number of halogens is 1. The molecule has 15 heavy (non-hydrogen) atoms. The van der Waals surface area contributed by atoms with E-state index in [0.29, 0.717) is 0 Å². The molecule has 0 radical (unpaired) electrons. The van der Waals surface area contributed by atoms with Crippen LogP contribution in [-0.2, 0) is 6.42 Å². The monoisotopic (exact) mass is 211 g/mol. The molecule has 86 valence electrons. The Balaban J connectivity index is 0.000000921. The van der Waals surface area contributed by atoms with Gasteiger partial charge in [0, 0.05) is 0 Å². The lowest BCUT2D eigenvalue weighted by molar-refractivity contribution is 0.612. The molecule has 0 spiro atoms. The zero-order chi connectivity index (χ0) is 11.7. The molecule has 0 saturated carbocycles. The number of aryl methyl sites for hydroxylation is 1. The summed E-state index contributed by atoms with van der Waals surface area (Å²) in [4.78, 5) is 0. The van der Waals surface area contributed by atoms with Crippen LogP contribution in [0.2, 0.25) is 0 Å². The van der Waals surface area contributed by atoms with Crippen molar-refractivity contribution < 1.29 is 4.39 Å². The van der Waals surface area contributed by atoms with E-state index in [1.807, 2.05) is 13.0 Å². The Kier molecular flexibility index (Phi) is 7.92. The van der Waals surface area contributed by atoms with Gasteiger partial charge in [0.25, 0.3) is 0 Å². The van der Waals surface area contributed by atoms with Crippen LogP contribution in [0.15, 0.2) is 18.2 Å². The van der Waals surface area contributed by atoms with E-state index >= 15 is 0 Å². The van der Waals surface area contributed by atoms with E-state index in [0.717, 1.165) is 17.5 Å². The van der Waals surface area contributed by atoms with Crippen LogP contribution in [0.5, 0.6) is 0 Å². The molecule has 0 bridgehead atoms. The Hall–Kier alpha value is -0.890. The van der Waals surface area contributed by atoms with Crippen LogP contribution >= 0.6 is 0 Å². The zero-order valence-electron chi connectivity index (χ0n) is 10.0. The van der Waals surface area contributed by atoms with E-state index in [4.69, 9.17) is 0 Å². The lowest BCUT2D eigenvalue weighted by atomic mass is 10.0. The van der Waals surface area contributed by atoms with Crippen LogP contribution in [0.1, 0.15) is 37.3 Å². The molecule has 0 saturated heterocycles. The molecule has 0 aliphatic heterocycles. The van der Waals surface area contributed by atoms with Crippen LogP contribution < -0.4 is 5.73 Å². The maximum atomic E-state index is 13.1. The van der Waals surface area contributed by atoms with Crippen molar-refractivity contribution in [3.63, 3.8) is 0 Å². The molecule has 2 N–H and O–H groups in total. The van der Waals surface area contributed by atoms with E-state index in [1.165, 1.54) is 32.4 Å². The Bertz CT molecular complexity index is 271. The van der Waals surface area contributed by atoms with Crippen LogP contribution in [0.25, 0.3) is 0 Å². The number of unbranched alkanes of at least 4 members (excludes halogenated alkanes) is 2. The minimum Gasteiger partial charge on any atom is -0.333 e. The molecule has 0 aliphatic carbocycles. The average molecular weight is 211 g/mol. The second-order valence-corrected chi connectivity index (χ2v) is 3.48. The highest BCUT2D eigenvalue weighted by Gasteiger charge is 2.01. The molecule has 1 aromatic carbocycles. The van der Waals surface area contributed by atoms with Gasteiger partial charge in [-0.1, -0.05) is 31.9 Å². The summed E-state index contributed by atoms with van der Waals surface area (Å²) in [5.74, 6) is -0.0750. The summed E-state index contributed by atoms with van der Waals surface area (Å²) in [7, 11) is 1.50. The van der Waals surface area contributed by atoms with Crippen molar-refractivity contribution in [2.45, 2.75) is 39.5 Å². The van der Waals surface area contributed by atoms with Gasteiger partial charge in [0.05, 0.1) is 0 Å². The van der Waals surface area contributed by atoms with Gasteiger partial charge in [-0.2, -0.15) is 0 Å². The van der Waals surface area contributed by atoms with Gasteiger partial charge in [0.2, 0.25) is 0 Å². The van der Waals surface area contributed by atoms with Crippen molar-refractivity contribution in [1.29, 1.82) is 0 Å². The van der Waals surface area contributed by atoms with Gasteiger partial charge < -0.3 is 5.73 Å². The van der Waals surface area contributed by atoms with Crippen molar-refractivity contribution in [1.82, 2.24) is 0 Å². The van der Waals surface area contributed by atoms with Gasteiger partial charge in [-0.25, -0.2) is 4.39 Å². The quantitative estimate of drug-likeness (QED) is 0.758. The first-order valence-corrected chi connectivity index (χ1v) is 5.57. The first-order chi connectivity index (χ1) is 7.25. The molecule has 2 heteroatoms. The number of benzene rings is 1. The van der Waals surface area contributed by atoms with Crippen LogP contribution in [0, 0.1) is 12.7 Å². The highest BCUT2D eigenvalue weighted by atomic mass is 19.1. The van der Waals surface area contributed by atoms with Crippen molar-refractivity contribution in [2.24, 2.45) is 5.73 Å². The maximum Gasteiger partial charge on any atom is 0.126 e. The van der Waals surface area contributed by atoms with Gasteiger partial charge in [-0.15, -0.1) is 0 Å². The molecule has 0 fully saturated rings. The Labute approximate surface area is 92.5 Å². The van der Waals surface area contributed by atoms with Crippen molar-refractivity contribution >= 4 is 0 Å². The van der Waals surface area contributed by atoms with Gasteiger partial charge in [0.1, 0.15) is 5.82 Å². The molecule has 0 heterocycles. The molecule has 0 unspecified atom stereocenters. The molecule has 1 nitrogen and oxygen atoms in total. The van der Waals surface area contributed by atoms with Crippen molar-refractivity contribution in [3.8, 4) is 0 Å². The fourth-order valence-corrected chi connectivity index (χ4v) is 1.49. The molecule has 0 aliphatic rings. The number of hydrogen-bond acceptors (Lipinski definition) is 1. The molecule has 1 aromatic rings. The van der Waals surface area contributed by atoms with Crippen molar-refractivity contribution in [3.05, 3.63) is 35.1 Å². The molecule has 0 atom stereocenters. The zero-order valence-corrected chi connectivity index (χ0v) is 10.0. The van der Waals surface area contributed by atoms with Gasteiger partial charge in [-0.05, 0) is 44.0 Å². The summed E-state index contributed by atoms with van der Waals surface area (Å²) >= 11 is 0. The number of rotatable bonds is 4. The van der Waals surface area contributed by atoms with Crippen LogP contribution in [0.4, 0.5) is 4.39 Å². The average Bonchev–Trinajstić information content (AvgIpc) is 2.27. The fourth-order valence-electron chi connectivity index (χ4n) is 1.49. The standard InChI is InChI=1S/C12H17F.CH5N/c1-3-4-5-7-11-8-6-9-12(13)10(11)2;1-2/h6,8-9H,3-5,7H2,1-2H3;2H2,1H3. The second kappa shape index (κ2) is 8.42. The normalized spacial score (nSPS) is 9.40. The summed E-state index contributed by atoms with van der Waals surface area (Å²) in [5, 5.41) is 0. The summed E-state index contributed by atoms with van der Waals surface area (Å²) < 4.78 is 13.1. The van der Waals surface area contributed by atoms with Gasteiger partial charge in [0.15, 0.2) is 0 Å². The summed E-state index contributed by atoms with van der Waals surface area (Å²) in [6.45, 7) is 4.04. The van der Waals surface area contributed by atoms with Crippen LogP contribution in [-0.4, -0.2) is 7.05 Å². The first kappa shape index (κ1) is 14.1. The smallest absolute Gasteiger partial charge is 0.126 e. The number of nitrogens with two attached hydrogens (primary N) is 1. The molecular weight excluding hydrogens is 189 g/mol. The minimum atomic E-state index is -0.0750. The van der Waals surface area contributed by atoms with E-state index in [1.54, 1.807) is 6.07 Å². The summed E-state index contributed by atoms with van der Waals surface area (Å²) in [6.07, 6.45) is 4.63.